The molecule has 0 radical (unpaired) electrons. The highest BCUT2D eigenvalue weighted by atomic mass is 35.5. The lowest BCUT2D eigenvalue weighted by molar-refractivity contribution is 0.0296. The molecule has 0 unspecified atom stereocenters. The fraction of sp³-hybridized carbons (Fsp3) is 0.500. The van der Waals surface area contributed by atoms with Crippen molar-refractivity contribution in [1.82, 2.24) is 14.7 Å². The van der Waals surface area contributed by atoms with E-state index in [-0.39, 0.29) is 11.9 Å². The van der Waals surface area contributed by atoms with Gasteiger partial charge in [0.15, 0.2) is 5.69 Å². The van der Waals surface area contributed by atoms with E-state index in [4.69, 9.17) is 26.2 Å². The Balaban J connectivity index is 1.63. The molecule has 1 aromatic heterocycles. The molecule has 0 spiro atoms. The molecule has 3 aliphatic rings. The molecule has 148 valence electrons. The molecule has 5 rings (SSSR count). The predicted molar refractivity (Wildman–Crippen MR) is 108 cm³/mol. The van der Waals surface area contributed by atoms with E-state index >= 15 is 0 Å². The van der Waals surface area contributed by atoms with Gasteiger partial charge in [0, 0.05) is 48.1 Å². The Labute approximate surface area is 173 Å². The number of rotatable bonds is 2. The highest BCUT2D eigenvalue weighted by Gasteiger charge is 2.34. The van der Waals surface area contributed by atoms with Gasteiger partial charge < -0.3 is 14.4 Å². The van der Waals surface area contributed by atoms with E-state index in [1.54, 1.807) is 11.8 Å². The zero-order chi connectivity index (χ0) is 19.1. The normalized spacial score (nSPS) is 20.0. The molecule has 2 saturated heterocycles. The summed E-state index contributed by atoms with van der Waals surface area (Å²) < 4.78 is 13.0. The second-order valence-electron chi connectivity index (χ2n) is 7.27. The number of amides is 1. The molecule has 4 heterocycles. The van der Waals surface area contributed by atoms with Crippen molar-refractivity contribution >= 4 is 29.3 Å². The topological polar surface area (TPSA) is 56.6 Å². The van der Waals surface area contributed by atoms with E-state index in [0.29, 0.717) is 37.8 Å². The number of hydrogen-bond acceptors (Lipinski definition) is 5. The molecule has 28 heavy (non-hydrogen) atoms. The number of morpholine rings is 1. The van der Waals surface area contributed by atoms with Crippen molar-refractivity contribution in [3.63, 3.8) is 0 Å². The summed E-state index contributed by atoms with van der Waals surface area (Å²) in [5.41, 5.74) is 3.75. The predicted octanol–water partition coefficient (Wildman–Crippen LogP) is 3.63. The van der Waals surface area contributed by atoms with Gasteiger partial charge in [-0.05, 0) is 18.9 Å². The van der Waals surface area contributed by atoms with Gasteiger partial charge in [-0.3, -0.25) is 9.48 Å². The van der Waals surface area contributed by atoms with Crippen LogP contribution in [0.15, 0.2) is 23.1 Å². The number of ether oxygens (including phenoxy) is 2. The van der Waals surface area contributed by atoms with Crippen molar-refractivity contribution in [3.05, 3.63) is 34.5 Å². The summed E-state index contributed by atoms with van der Waals surface area (Å²) in [6.45, 7) is 3.86. The number of halogens is 1. The third-order valence-electron chi connectivity index (χ3n) is 5.63. The lowest BCUT2D eigenvalue weighted by Gasteiger charge is -2.27. The summed E-state index contributed by atoms with van der Waals surface area (Å²) >= 11 is 8.17. The highest BCUT2D eigenvalue weighted by molar-refractivity contribution is 7.98. The summed E-state index contributed by atoms with van der Waals surface area (Å²) in [5.74, 6) is 0.720. The van der Waals surface area contributed by atoms with Crippen LogP contribution in [0.25, 0.3) is 11.3 Å². The van der Waals surface area contributed by atoms with Crippen LogP contribution in [-0.4, -0.2) is 60.1 Å². The molecule has 0 bridgehead atoms. The summed E-state index contributed by atoms with van der Waals surface area (Å²) in [4.78, 5) is 16.2. The van der Waals surface area contributed by atoms with Crippen molar-refractivity contribution < 1.29 is 14.3 Å². The molecule has 0 atom stereocenters. The van der Waals surface area contributed by atoms with E-state index in [1.165, 1.54) is 0 Å². The van der Waals surface area contributed by atoms with Gasteiger partial charge in [-0.2, -0.15) is 5.10 Å². The van der Waals surface area contributed by atoms with Gasteiger partial charge in [0.1, 0.15) is 0 Å². The fourth-order valence-corrected chi connectivity index (χ4v) is 5.59. The number of benzene rings is 1. The first-order valence-corrected chi connectivity index (χ1v) is 11.1. The maximum Gasteiger partial charge on any atom is 0.274 e. The molecule has 3 aliphatic heterocycles. The van der Waals surface area contributed by atoms with Gasteiger partial charge in [0.25, 0.3) is 5.91 Å². The first kappa shape index (κ1) is 18.5. The number of nitrogens with zero attached hydrogens (tertiary/aromatic N) is 3. The van der Waals surface area contributed by atoms with Crippen molar-refractivity contribution in [2.24, 2.45) is 0 Å². The van der Waals surface area contributed by atoms with Crippen LogP contribution in [0.4, 0.5) is 0 Å². The average Bonchev–Trinajstić information content (AvgIpc) is 3.15. The van der Waals surface area contributed by atoms with Crippen molar-refractivity contribution in [2.45, 2.75) is 29.5 Å². The maximum atomic E-state index is 13.3. The molecule has 0 saturated carbocycles. The van der Waals surface area contributed by atoms with Crippen LogP contribution in [0.5, 0.6) is 0 Å². The van der Waals surface area contributed by atoms with E-state index in [1.807, 2.05) is 17.0 Å². The third-order valence-corrected chi connectivity index (χ3v) is 7.22. The zero-order valence-corrected chi connectivity index (χ0v) is 17.1. The standard InChI is InChI=1S/C20H22ClN3O3S/c21-16-3-1-2-14-18-15(12-28-19(14)16)17(20(25)23-6-10-27-11-7-23)22-24(18)13-4-8-26-9-5-13/h1-3,13H,4-12H2. The van der Waals surface area contributed by atoms with Crippen LogP contribution in [0, 0.1) is 0 Å². The number of hydrogen-bond donors (Lipinski definition) is 0. The van der Waals surface area contributed by atoms with Gasteiger partial charge >= 0.3 is 0 Å². The SMILES string of the molecule is O=C(c1nn(C2CCOCC2)c2c1CSc1c(Cl)cccc1-2)N1CCOCC1. The van der Waals surface area contributed by atoms with Crippen LogP contribution in [0.3, 0.4) is 0 Å². The van der Waals surface area contributed by atoms with Crippen molar-refractivity contribution in [2.75, 3.05) is 39.5 Å². The molecule has 1 aromatic carbocycles. The van der Waals surface area contributed by atoms with Crippen LogP contribution in [0.1, 0.15) is 34.9 Å². The van der Waals surface area contributed by atoms with E-state index in [2.05, 4.69) is 10.7 Å². The second-order valence-corrected chi connectivity index (χ2v) is 8.67. The zero-order valence-electron chi connectivity index (χ0n) is 15.5. The van der Waals surface area contributed by atoms with Crippen molar-refractivity contribution in [3.8, 4) is 11.3 Å². The van der Waals surface area contributed by atoms with E-state index in [9.17, 15) is 4.79 Å². The minimum Gasteiger partial charge on any atom is -0.381 e. The summed E-state index contributed by atoms with van der Waals surface area (Å²) in [6.07, 6.45) is 1.81. The number of aromatic nitrogens is 2. The summed E-state index contributed by atoms with van der Waals surface area (Å²) in [6, 6.07) is 6.23. The Bertz CT molecular complexity index is 904. The van der Waals surface area contributed by atoms with E-state index in [0.717, 1.165) is 52.8 Å². The van der Waals surface area contributed by atoms with Crippen LogP contribution in [-0.2, 0) is 15.2 Å². The Morgan fingerprint density at radius 2 is 1.89 bits per heavy atom. The Kier molecular flexibility index (Phi) is 5.09. The number of thioether (sulfide) groups is 1. The number of fused-ring (bicyclic) bond motifs is 3. The molecule has 0 N–H and O–H groups in total. The summed E-state index contributed by atoms with van der Waals surface area (Å²) in [7, 11) is 0. The average molecular weight is 420 g/mol. The molecular formula is C20H22ClN3O3S. The van der Waals surface area contributed by atoms with Gasteiger partial charge in [-0.15, -0.1) is 11.8 Å². The summed E-state index contributed by atoms with van der Waals surface area (Å²) in [5, 5.41) is 5.65. The highest BCUT2D eigenvalue weighted by Crippen LogP contribution is 2.47. The lowest BCUT2D eigenvalue weighted by Crippen LogP contribution is -2.41. The maximum absolute atomic E-state index is 13.3. The Hall–Kier alpha value is -1.54. The van der Waals surface area contributed by atoms with Crippen LogP contribution in [0.2, 0.25) is 5.02 Å². The minimum atomic E-state index is 0.0106. The monoisotopic (exact) mass is 419 g/mol. The van der Waals surface area contributed by atoms with Crippen molar-refractivity contribution in [1.29, 1.82) is 0 Å². The fourth-order valence-electron chi connectivity index (χ4n) is 4.16. The Morgan fingerprint density at radius 3 is 2.68 bits per heavy atom. The molecule has 6 nitrogen and oxygen atoms in total. The molecule has 8 heteroatoms. The first-order chi connectivity index (χ1) is 13.7. The van der Waals surface area contributed by atoms with Gasteiger partial charge in [-0.25, -0.2) is 0 Å². The van der Waals surface area contributed by atoms with Gasteiger partial charge in [0.05, 0.1) is 30.0 Å². The number of carbonyl (C=O) groups is 1. The first-order valence-electron chi connectivity index (χ1n) is 9.72. The largest absolute Gasteiger partial charge is 0.381 e. The lowest BCUT2D eigenvalue weighted by atomic mass is 10.0. The number of carbonyl (C=O) groups excluding carboxylic acids is 1. The third kappa shape index (κ3) is 3.14. The van der Waals surface area contributed by atoms with Gasteiger partial charge in [0.2, 0.25) is 0 Å². The smallest absolute Gasteiger partial charge is 0.274 e. The Morgan fingerprint density at radius 1 is 1.14 bits per heavy atom. The quantitative estimate of drug-likeness (QED) is 0.743. The minimum absolute atomic E-state index is 0.0106. The van der Waals surface area contributed by atoms with Crippen LogP contribution < -0.4 is 0 Å². The molecule has 2 fully saturated rings. The molecule has 2 aromatic rings. The molecule has 1 amide bonds. The second kappa shape index (κ2) is 7.71. The molecule has 0 aliphatic carbocycles. The molecular weight excluding hydrogens is 398 g/mol. The van der Waals surface area contributed by atoms with Crippen LogP contribution >= 0.6 is 23.4 Å². The van der Waals surface area contributed by atoms with Gasteiger partial charge in [-0.1, -0.05) is 23.7 Å². The van der Waals surface area contributed by atoms with E-state index < -0.39 is 0 Å².